The lowest BCUT2D eigenvalue weighted by atomic mass is 10.2. The summed E-state index contributed by atoms with van der Waals surface area (Å²) in [7, 11) is -1.57. The first-order valence-electron chi connectivity index (χ1n) is 4.05. The molecule has 0 radical (unpaired) electrons. The summed E-state index contributed by atoms with van der Waals surface area (Å²) in [4.78, 5) is 0. The Hall–Kier alpha value is -0.580. The second-order valence-corrected chi connectivity index (χ2v) is 5.67. The third-order valence-electron chi connectivity index (χ3n) is 1.88. The lowest BCUT2D eigenvalue weighted by Gasteiger charge is -2.13. The van der Waals surface area contributed by atoms with Gasteiger partial charge in [-0.15, -0.1) is 0 Å². The van der Waals surface area contributed by atoms with Gasteiger partial charge in [-0.05, 0) is 17.7 Å². The van der Waals surface area contributed by atoms with Crippen LogP contribution in [0.5, 0.6) is 0 Å². The Morgan fingerprint density at radius 2 is 1.79 bits per heavy atom. The van der Waals surface area contributed by atoms with E-state index in [9.17, 15) is 8.42 Å². The summed E-state index contributed by atoms with van der Waals surface area (Å²) in [6, 6.07) is 7.11. The summed E-state index contributed by atoms with van der Waals surface area (Å²) in [6.45, 7) is 0.371. The van der Waals surface area contributed by atoms with Gasteiger partial charge in [0.25, 0.3) is 0 Å². The minimum atomic E-state index is -3.11. The van der Waals surface area contributed by atoms with Gasteiger partial charge in [0.15, 0.2) is 0 Å². The summed E-state index contributed by atoms with van der Waals surface area (Å²) in [5, 5.41) is 0.649. The minimum Gasteiger partial charge on any atom is -0.213 e. The van der Waals surface area contributed by atoms with Crippen molar-refractivity contribution in [3.8, 4) is 0 Å². The largest absolute Gasteiger partial charge is 0.213 e. The molecule has 14 heavy (non-hydrogen) atoms. The smallest absolute Gasteiger partial charge is 0.211 e. The number of sulfonamides is 1. The summed E-state index contributed by atoms with van der Waals surface area (Å²) >= 11 is 5.71. The van der Waals surface area contributed by atoms with Crippen molar-refractivity contribution in [2.75, 3.05) is 13.3 Å². The first-order valence-corrected chi connectivity index (χ1v) is 6.28. The van der Waals surface area contributed by atoms with Gasteiger partial charge in [0.2, 0.25) is 10.0 Å². The van der Waals surface area contributed by atoms with Gasteiger partial charge in [-0.1, -0.05) is 23.7 Å². The predicted molar refractivity (Wildman–Crippen MR) is 57.8 cm³/mol. The lowest BCUT2D eigenvalue weighted by molar-refractivity contribution is 0.472. The molecule has 0 bridgehead atoms. The van der Waals surface area contributed by atoms with Crippen molar-refractivity contribution in [3.63, 3.8) is 0 Å². The average Bonchev–Trinajstić information content (AvgIpc) is 2.07. The van der Waals surface area contributed by atoms with Gasteiger partial charge in [0.05, 0.1) is 6.26 Å². The molecular formula is C9H12ClNO2S. The van der Waals surface area contributed by atoms with E-state index < -0.39 is 10.0 Å². The molecule has 1 rings (SSSR count). The van der Waals surface area contributed by atoms with E-state index in [0.717, 1.165) is 5.56 Å². The van der Waals surface area contributed by atoms with Crippen molar-refractivity contribution >= 4 is 21.6 Å². The molecule has 0 aliphatic carbocycles. The molecule has 0 fully saturated rings. The molecule has 78 valence electrons. The molecule has 0 atom stereocenters. The number of benzene rings is 1. The molecule has 0 saturated carbocycles. The van der Waals surface area contributed by atoms with Gasteiger partial charge in [-0.3, -0.25) is 0 Å². The van der Waals surface area contributed by atoms with Crippen molar-refractivity contribution in [1.29, 1.82) is 0 Å². The number of halogens is 1. The van der Waals surface area contributed by atoms with Crippen molar-refractivity contribution < 1.29 is 8.42 Å². The number of rotatable bonds is 3. The van der Waals surface area contributed by atoms with Gasteiger partial charge >= 0.3 is 0 Å². The third kappa shape index (κ3) is 3.29. The molecule has 0 unspecified atom stereocenters. The molecule has 0 aliphatic heterocycles. The van der Waals surface area contributed by atoms with Crippen molar-refractivity contribution in [2.45, 2.75) is 6.54 Å². The van der Waals surface area contributed by atoms with Crippen LogP contribution in [0.1, 0.15) is 5.56 Å². The molecule has 1 aromatic rings. The van der Waals surface area contributed by atoms with Crippen molar-refractivity contribution in [2.24, 2.45) is 0 Å². The van der Waals surface area contributed by atoms with Crippen LogP contribution in [-0.4, -0.2) is 26.0 Å². The molecule has 0 spiro atoms. The van der Waals surface area contributed by atoms with Crippen LogP contribution in [0.3, 0.4) is 0 Å². The lowest BCUT2D eigenvalue weighted by Crippen LogP contribution is -2.24. The number of nitrogens with zero attached hydrogens (tertiary/aromatic N) is 1. The zero-order chi connectivity index (χ0) is 10.8. The zero-order valence-corrected chi connectivity index (χ0v) is 9.64. The van der Waals surface area contributed by atoms with Crippen LogP contribution in [0.4, 0.5) is 0 Å². The normalized spacial score (nSPS) is 12.0. The van der Waals surface area contributed by atoms with Gasteiger partial charge in [0, 0.05) is 18.6 Å². The Labute approximate surface area is 89.4 Å². The highest BCUT2D eigenvalue weighted by Gasteiger charge is 2.10. The minimum absolute atomic E-state index is 0.371. The fourth-order valence-electron chi connectivity index (χ4n) is 0.964. The van der Waals surface area contributed by atoms with Gasteiger partial charge in [0.1, 0.15) is 0 Å². The maximum Gasteiger partial charge on any atom is 0.211 e. The van der Waals surface area contributed by atoms with Gasteiger partial charge in [-0.25, -0.2) is 12.7 Å². The van der Waals surface area contributed by atoms with Gasteiger partial charge in [-0.2, -0.15) is 0 Å². The standard InChI is InChI=1S/C9H12ClNO2S/c1-11(14(2,12)13)7-8-3-5-9(10)6-4-8/h3-6H,7H2,1-2H3. The SMILES string of the molecule is CN(Cc1ccc(Cl)cc1)S(C)(=O)=O. The molecule has 0 N–H and O–H groups in total. The van der Waals surface area contributed by atoms with Crippen LogP contribution in [-0.2, 0) is 16.6 Å². The highest BCUT2D eigenvalue weighted by atomic mass is 35.5. The first-order chi connectivity index (χ1) is 6.39. The zero-order valence-electron chi connectivity index (χ0n) is 8.07. The predicted octanol–water partition coefficient (Wildman–Crippen LogP) is 1.73. The highest BCUT2D eigenvalue weighted by molar-refractivity contribution is 7.88. The molecule has 0 aliphatic rings. The molecule has 0 aromatic heterocycles. The maximum atomic E-state index is 11.1. The summed E-state index contributed by atoms with van der Waals surface area (Å²) in [5.74, 6) is 0. The van der Waals surface area contributed by atoms with Gasteiger partial charge < -0.3 is 0 Å². The van der Waals surface area contributed by atoms with E-state index in [1.807, 2.05) is 12.1 Å². The highest BCUT2D eigenvalue weighted by Crippen LogP contribution is 2.11. The van der Waals surface area contributed by atoms with Crippen LogP contribution < -0.4 is 0 Å². The monoisotopic (exact) mass is 233 g/mol. The Morgan fingerprint density at radius 3 is 2.21 bits per heavy atom. The molecule has 0 saturated heterocycles. The number of hydrogen-bond acceptors (Lipinski definition) is 2. The molecule has 1 aromatic carbocycles. The van der Waals surface area contributed by atoms with Crippen molar-refractivity contribution in [1.82, 2.24) is 4.31 Å². The second kappa shape index (κ2) is 4.29. The Kier molecular flexibility index (Phi) is 3.53. The van der Waals surface area contributed by atoms with E-state index in [4.69, 9.17) is 11.6 Å². The van der Waals surface area contributed by atoms with E-state index in [0.29, 0.717) is 11.6 Å². The summed E-state index contributed by atoms with van der Waals surface area (Å²) in [6.07, 6.45) is 1.18. The third-order valence-corrected chi connectivity index (χ3v) is 3.40. The van der Waals surface area contributed by atoms with Crippen LogP contribution in [0.15, 0.2) is 24.3 Å². The molecule has 5 heteroatoms. The molecular weight excluding hydrogens is 222 g/mol. The molecule has 0 heterocycles. The quantitative estimate of drug-likeness (QED) is 0.798. The Bertz CT molecular complexity index is 399. The second-order valence-electron chi connectivity index (χ2n) is 3.15. The Balaban J connectivity index is 2.75. The van der Waals surface area contributed by atoms with E-state index in [1.54, 1.807) is 19.2 Å². The van der Waals surface area contributed by atoms with E-state index >= 15 is 0 Å². The van der Waals surface area contributed by atoms with Crippen LogP contribution >= 0.6 is 11.6 Å². The average molecular weight is 234 g/mol. The van der Waals surface area contributed by atoms with Crippen LogP contribution in [0, 0.1) is 0 Å². The van der Waals surface area contributed by atoms with Crippen molar-refractivity contribution in [3.05, 3.63) is 34.9 Å². The summed E-state index contributed by atoms with van der Waals surface area (Å²) < 4.78 is 23.5. The fraction of sp³-hybridized carbons (Fsp3) is 0.333. The van der Waals surface area contributed by atoms with E-state index in [2.05, 4.69) is 0 Å². The summed E-state index contributed by atoms with van der Waals surface area (Å²) in [5.41, 5.74) is 0.919. The first kappa shape index (κ1) is 11.5. The number of hydrogen-bond donors (Lipinski definition) is 0. The molecule has 3 nitrogen and oxygen atoms in total. The van der Waals surface area contributed by atoms with E-state index in [1.165, 1.54) is 10.6 Å². The Morgan fingerprint density at radius 1 is 1.29 bits per heavy atom. The van der Waals surface area contributed by atoms with Crippen LogP contribution in [0.25, 0.3) is 0 Å². The van der Waals surface area contributed by atoms with Crippen LogP contribution in [0.2, 0.25) is 5.02 Å². The molecule has 0 amide bonds. The van der Waals surface area contributed by atoms with E-state index in [-0.39, 0.29) is 0 Å². The fourth-order valence-corrected chi connectivity index (χ4v) is 1.47. The topological polar surface area (TPSA) is 37.4 Å². The maximum absolute atomic E-state index is 11.1.